The number of hydrogen-bond donors (Lipinski definition) is 1. The Morgan fingerprint density at radius 3 is 2.45 bits per heavy atom. The maximum absolute atomic E-state index is 14.8. The molecule has 1 atom stereocenters. The van der Waals surface area contributed by atoms with Gasteiger partial charge in [-0.05, 0) is 42.3 Å². The number of nitrogens with one attached hydrogen (secondary N) is 1. The largest absolute Gasteiger partial charge is 0.377 e. The van der Waals surface area contributed by atoms with Crippen molar-refractivity contribution < 1.29 is 4.39 Å². The van der Waals surface area contributed by atoms with Gasteiger partial charge in [0.1, 0.15) is 12.1 Å². The Hall–Kier alpha value is -3.84. The molecule has 6 nitrogen and oxygen atoms in total. The lowest BCUT2D eigenvalue weighted by atomic mass is 10.0. The second-order valence-electron chi connectivity index (χ2n) is 7.85. The lowest BCUT2D eigenvalue weighted by molar-refractivity contribution is 0.600. The van der Waals surface area contributed by atoms with Crippen LogP contribution >= 0.6 is 11.6 Å². The van der Waals surface area contributed by atoms with Crippen molar-refractivity contribution in [3.63, 3.8) is 0 Å². The Balaban J connectivity index is 1.54. The van der Waals surface area contributed by atoms with E-state index in [9.17, 15) is 4.39 Å². The van der Waals surface area contributed by atoms with Gasteiger partial charge in [0.25, 0.3) is 0 Å². The molecule has 0 saturated carbocycles. The summed E-state index contributed by atoms with van der Waals surface area (Å²) in [7, 11) is 1.88. The number of nitrogens with zero attached hydrogens (tertiary/aromatic N) is 5. The highest BCUT2D eigenvalue weighted by Gasteiger charge is 2.17. The summed E-state index contributed by atoms with van der Waals surface area (Å²) in [6.45, 7) is 1.90. The molecule has 3 heterocycles. The van der Waals surface area contributed by atoms with E-state index < -0.39 is 0 Å². The van der Waals surface area contributed by atoms with Gasteiger partial charge < -0.3 is 5.32 Å². The summed E-state index contributed by atoms with van der Waals surface area (Å²) in [6, 6.07) is 10.6. The minimum Gasteiger partial charge on any atom is -0.377 e. The third kappa shape index (κ3) is 4.15. The number of benzene rings is 2. The van der Waals surface area contributed by atoms with Crippen LogP contribution in [0.15, 0.2) is 73.7 Å². The van der Waals surface area contributed by atoms with Crippen LogP contribution in [0, 0.1) is 5.82 Å². The molecule has 2 aromatic carbocycles. The third-order valence-electron chi connectivity index (χ3n) is 5.58. The topological polar surface area (TPSA) is 68.5 Å². The quantitative estimate of drug-likeness (QED) is 0.347. The average Bonchev–Trinajstić information content (AvgIpc) is 3.27. The molecule has 0 spiro atoms. The number of aryl methyl sites for hydroxylation is 1. The van der Waals surface area contributed by atoms with Crippen LogP contribution in [0.3, 0.4) is 0 Å². The van der Waals surface area contributed by atoms with Crippen molar-refractivity contribution in [1.82, 2.24) is 24.7 Å². The van der Waals surface area contributed by atoms with Gasteiger partial charge in [-0.15, -0.1) is 0 Å². The molecule has 164 valence electrons. The first-order chi connectivity index (χ1) is 16.0. The van der Waals surface area contributed by atoms with Gasteiger partial charge >= 0.3 is 0 Å². The minimum absolute atomic E-state index is 0.305. The summed E-state index contributed by atoms with van der Waals surface area (Å²) < 4.78 is 16.6. The molecule has 0 radical (unpaired) electrons. The molecule has 5 rings (SSSR count). The minimum atomic E-state index is -0.361. The normalized spacial score (nSPS) is 12.1. The smallest absolute Gasteiger partial charge is 0.128 e. The first kappa shape index (κ1) is 21.0. The molecule has 0 fully saturated rings. The number of halogens is 2. The fourth-order valence-corrected chi connectivity index (χ4v) is 4.07. The van der Waals surface area contributed by atoms with Crippen LogP contribution in [0.25, 0.3) is 33.2 Å². The molecule has 0 unspecified atom stereocenters. The van der Waals surface area contributed by atoms with Crippen molar-refractivity contribution in [2.75, 3.05) is 5.32 Å². The number of aromatic nitrogens is 5. The lowest BCUT2D eigenvalue weighted by Gasteiger charge is -2.20. The SMILES string of the molecule is C[C@@H](Nc1c(Cl)cnc2ccc(-c3cnn(C)c3)cc12)c1cc(-c2cncnc2)ccc1F. The number of anilines is 1. The van der Waals surface area contributed by atoms with Crippen molar-refractivity contribution >= 4 is 28.2 Å². The van der Waals surface area contributed by atoms with Crippen LogP contribution in [-0.2, 0) is 7.05 Å². The van der Waals surface area contributed by atoms with E-state index in [2.05, 4.69) is 25.4 Å². The van der Waals surface area contributed by atoms with Crippen molar-refractivity contribution in [2.45, 2.75) is 13.0 Å². The number of hydrogen-bond acceptors (Lipinski definition) is 5. The highest BCUT2D eigenvalue weighted by atomic mass is 35.5. The number of fused-ring (bicyclic) bond motifs is 1. The van der Waals surface area contributed by atoms with Crippen LogP contribution in [0.1, 0.15) is 18.5 Å². The van der Waals surface area contributed by atoms with E-state index in [0.29, 0.717) is 16.3 Å². The summed E-state index contributed by atoms with van der Waals surface area (Å²) >= 11 is 6.55. The maximum atomic E-state index is 14.8. The molecule has 0 amide bonds. The summed E-state index contributed by atoms with van der Waals surface area (Å²) in [5, 5.41) is 8.98. The second-order valence-corrected chi connectivity index (χ2v) is 8.25. The molecule has 8 heteroatoms. The molecule has 0 aliphatic rings. The van der Waals surface area contributed by atoms with Gasteiger partial charge in [-0.2, -0.15) is 5.10 Å². The molecule has 0 aliphatic carbocycles. The van der Waals surface area contributed by atoms with Crippen LogP contribution < -0.4 is 5.32 Å². The average molecular weight is 459 g/mol. The van der Waals surface area contributed by atoms with E-state index in [0.717, 1.165) is 33.2 Å². The fourth-order valence-electron chi connectivity index (χ4n) is 3.86. The fraction of sp³-hybridized carbons (Fsp3) is 0.120. The van der Waals surface area contributed by atoms with Crippen molar-refractivity contribution in [3.8, 4) is 22.3 Å². The van der Waals surface area contributed by atoms with Crippen LogP contribution in [0.2, 0.25) is 5.02 Å². The molecule has 33 heavy (non-hydrogen) atoms. The monoisotopic (exact) mass is 458 g/mol. The molecule has 0 aliphatic heterocycles. The molecule has 3 aromatic heterocycles. The van der Waals surface area contributed by atoms with E-state index >= 15 is 0 Å². The van der Waals surface area contributed by atoms with Crippen LogP contribution in [-0.4, -0.2) is 24.7 Å². The van der Waals surface area contributed by atoms with Crippen LogP contribution in [0.5, 0.6) is 0 Å². The number of pyridine rings is 1. The zero-order valence-corrected chi connectivity index (χ0v) is 18.8. The van der Waals surface area contributed by atoms with Crippen molar-refractivity contribution in [2.24, 2.45) is 7.05 Å². The first-order valence-electron chi connectivity index (χ1n) is 10.4. The van der Waals surface area contributed by atoms with Gasteiger partial charge in [0, 0.05) is 53.9 Å². The molecule has 5 aromatic rings. The standard InChI is InChI=1S/C25H20ClFN6/c1-15(20-7-16(3-5-23(20)27)18-9-28-14-29-10-18)32-25-21-8-17(19-11-31-33(2)13-19)4-6-24(21)30-12-22(25)26/h3-15H,1-2H3,(H,30,32)/t15-/m1/s1. The Morgan fingerprint density at radius 2 is 1.70 bits per heavy atom. The zero-order valence-electron chi connectivity index (χ0n) is 18.0. The van der Waals surface area contributed by atoms with E-state index in [-0.39, 0.29) is 11.9 Å². The Labute approximate surface area is 195 Å². The van der Waals surface area contributed by atoms with Gasteiger partial charge in [-0.3, -0.25) is 9.67 Å². The Morgan fingerprint density at radius 1 is 0.939 bits per heavy atom. The molecular formula is C25H20ClFN6. The summed E-state index contributed by atoms with van der Waals surface area (Å²) in [6.07, 6.45) is 10.2. The highest BCUT2D eigenvalue weighted by Crippen LogP contribution is 2.36. The third-order valence-corrected chi connectivity index (χ3v) is 5.86. The summed E-state index contributed by atoms with van der Waals surface area (Å²) in [4.78, 5) is 12.6. The Kier molecular flexibility index (Phi) is 5.48. The van der Waals surface area contributed by atoms with Crippen molar-refractivity contribution in [1.29, 1.82) is 0 Å². The van der Waals surface area contributed by atoms with E-state index in [1.807, 2.05) is 50.6 Å². The highest BCUT2D eigenvalue weighted by molar-refractivity contribution is 6.34. The zero-order chi connectivity index (χ0) is 22.9. The van der Waals surface area contributed by atoms with E-state index in [4.69, 9.17) is 11.6 Å². The van der Waals surface area contributed by atoms with E-state index in [1.54, 1.807) is 29.3 Å². The molecular weight excluding hydrogens is 439 g/mol. The second kappa shape index (κ2) is 8.60. The van der Waals surface area contributed by atoms with Gasteiger partial charge in [0.2, 0.25) is 0 Å². The predicted molar refractivity (Wildman–Crippen MR) is 128 cm³/mol. The van der Waals surface area contributed by atoms with Gasteiger partial charge in [0.15, 0.2) is 0 Å². The molecule has 0 saturated heterocycles. The summed E-state index contributed by atoms with van der Waals surface area (Å²) in [5.41, 5.74) is 5.64. The summed E-state index contributed by atoms with van der Waals surface area (Å²) in [5.74, 6) is -0.305. The maximum Gasteiger partial charge on any atom is 0.128 e. The van der Waals surface area contributed by atoms with Crippen molar-refractivity contribution in [3.05, 3.63) is 90.1 Å². The first-order valence-corrected chi connectivity index (χ1v) is 10.8. The van der Waals surface area contributed by atoms with E-state index in [1.165, 1.54) is 12.4 Å². The molecule has 0 bridgehead atoms. The van der Waals surface area contributed by atoms with Gasteiger partial charge in [-0.25, -0.2) is 14.4 Å². The predicted octanol–water partition coefficient (Wildman–Crippen LogP) is 6.06. The van der Waals surface area contributed by atoms with Gasteiger partial charge in [-0.1, -0.05) is 23.7 Å². The molecule has 1 N–H and O–H groups in total. The number of rotatable bonds is 5. The van der Waals surface area contributed by atoms with Crippen LogP contribution in [0.4, 0.5) is 10.1 Å². The Bertz CT molecular complexity index is 1450. The lowest BCUT2D eigenvalue weighted by Crippen LogP contribution is -2.10. The van der Waals surface area contributed by atoms with Gasteiger partial charge in [0.05, 0.1) is 28.5 Å².